The van der Waals surface area contributed by atoms with Crippen LogP contribution < -0.4 is 31.3 Å². The van der Waals surface area contributed by atoms with Crippen LogP contribution in [0.25, 0.3) is 0 Å². The molecule has 7 amide bonds. The summed E-state index contributed by atoms with van der Waals surface area (Å²) in [6.07, 6.45) is 1.24. The van der Waals surface area contributed by atoms with Crippen LogP contribution in [0.1, 0.15) is 160 Å². The number of esters is 3. The van der Waals surface area contributed by atoms with Crippen molar-refractivity contribution < 1.29 is 105 Å². The third kappa shape index (κ3) is 29.9. The molecule has 2 saturated heterocycles. The molecule has 582 valence electrons. The fourth-order valence-electron chi connectivity index (χ4n) is 11.5. The molecule has 0 aromatic heterocycles. The lowest BCUT2D eigenvalue weighted by Crippen LogP contribution is -2.51. The van der Waals surface area contributed by atoms with Gasteiger partial charge in [-0.1, -0.05) is 101 Å². The second-order valence-electron chi connectivity index (χ2n) is 27.9. The van der Waals surface area contributed by atoms with E-state index in [1.54, 1.807) is 83.3 Å². The summed E-state index contributed by atoms with van der Waals surface area (Å²) in [6, 6.07) is 17.3. The van der Waals surface area contributed by atoms with Gasteiger partial charge >= 0.3 is 23.9 Å². The molecule has 0 aliphatic carbocycles. The molecule has 0 unspecified atom stereocenters. The van der Waals surface area contributed by atoms with Gasteiger partial charge in [0.15, 0.2) is 11.9 Å². The van der Waals surface area contributed by atoms with Crippen LogP contribution in [0.4, 0.5) is 5.69 Å². The molecule has 29 heteroatoms. The van der Waals surface area contributed by atoms with Crippen molar-refractivity contribution in [2.24, 2.45) is 29.1 Å². The van der Waals surface area contributed by atoms with E-state index in [1.807, 2.05) is 45.0 Å². The van der Waals surface area contributed by atoms with Gasteiger partial charge in [-0.25, -0.2) is 9.59 Å². The predicted molar refractivity (Wildman–Crippen MR) is 387 cm³/mol. The summed E-state index contributed by atoms with van der Waals surface area (Å²) in [5.41, 5.74) is 2.11. The summed E-state index contributed by atoms with van der Waals surface area (Å²) >= 11 is 6.40. The summed E-state index contributed by atoms with van der Waals surface area (Å²) in [6.45, 7) is 15.1. The highest BCUT2D eigenvalue weighted by molar-refractivity contribution is 6.32. The summed E-state index contributed by atoms with van der Waals surface area (Å²) in [5, 5.41) is 14.8. The number of hydrogen-bond donors (Lipinski definition) is 5. The van der Waals surface area contributed by atoms with E-state index in [0.29, 0.717) is 98.1 Å². The van der Waals surface area contributed by atoms with Crippen molar-refractivity contribution in [2.45, 2.75) is 188 Å². The first-order chi connectivity index (χ1) is 50.6. The number of anilines is 1. The maximum absolute atomic E-state index is 14.1. The molecular weight excluding hydrogens is 1400 g/mol. The van der Waals surface area contributed by atoms with Crippen LogP contribution in [0.5, 0.6) is 5.75 Å². The Morgan fingerprint density at radius 3 is 2.04 bits per heavy atom. The molecule has 3 aromatic rings. The highest BCUT2D eigenvalue weighted by atomic mass is 35.5. The number of ketones is 1. The number of amides is 7. The number of unbranched alkanes of at least 4 members (excludes halogenated alkanes) is 1. The number of hydrogen-bond acceptors (Lipinski definition) is 22. The van der Waals surface area contributed by atoms with Crippen LogP contribution in [0.3, 0.4) is 0 Å². The van der Waals surface area contributed by atoms with E-state index in [2.05, 4.69) is 26.6 Å². The summed E-state index contributed by atoms with van der Waals surface area (Å²) in [5.74, 6) is -8.05. The average Bonchev–Trinajstić information content (AvgIpc) is 1.63. The van der Waals surface area contributed by atoms with Gasteiger partial charge in [0, 0.05) is 95.5 Å². The number of epoxide rings is 1. The fraction of sp³-hybridized carbons (Fsp3) is 0.584. The van der Waals surface area contributed by atoms with Gasteiger partial charge in [-0.2, -0.15) is 0 Å². The van der Waals surface area contributed by atoms with Crippen molar-refractivity contribution in [3.8, 4) is 5.75 Å². The first-order valence-electron chi connectivity index (χ1n) is 36.3. The van der Waals surface area contributed by atoms with Crippen molar-refractivity contribution in [3.05, 3.63) is 106 Å². The molecule has 3 aliphatic rings. The first kappa shape index (κ1) is 86.3. The van der Waals surface area contributed by atoms with E-state index in [1.165, 1.54) is 13.2 Å². The highest BCUT2D eigenvalue weighted by Crippen LogP contribution is 2.45. The predicted octanol–water partition coefficient (Wildman–Crippen LogP) is 7.61. The molecule has 3 aromatic carbocycles. The summed E-state index contributed by atoms with van der Waals surface area (Å²) in [7, 11) is 3.08. The molecule has 2 fully saturated rings. The van der Waals surface area contributed by atoms with Gasteiger partial charge in [0.2, 0.25) is 29.5 Å². The summed E-state index contributed by atoms with van der Waals surface area (Å²) in [4.78, 5) is 163. The van der Waals surface area contributed by atoms with Gasteiger partial charge in [0.25, 0.3) is 11.8 Å². The number of Topliss-reactive ketones (excluding diaryl/α,β-unsaturated/α-hetero) is 1. The Kier molecular flexibility index (Phi) is 36.2. The maximum atomic E-state index is 14.1. The molecule has 8 atom stereocenters. The standard InChI is InChI=1S/C77H105ClN6O22/c1-48(2)42-62-75(95)103-60(15-12-16-64(87)82-58(44-53-23-29-61(98-9)57(78)43-53)74(94)80-47-77(6,7)76(96)104-62)50(5)71-72(105-71)54-25-19-51(20-26-54)24-32-68(91)102-46-52-21-27-56(28-22-52)81-73(93)55(14-10-11-34-79-63(86)33-35-99-38-39-101-41-40-100-37-36-97-8)45-59(85)70(49(3)4)83-65(88)17-13-18-69(92)106-84-66(89)30-31-67(84)90/h12,16,19-23,25-29,43,48-50,55,58,60,62,70-72H,10-11,13-15,17-18,24,30-42,44-47H2,1-9H3,(H,79,86)(H,80,94)(H,81,93)(H,82,87)(H,83,88)/b16-12+/t50-,55+,58+,60-,62-,70-,71+,72+/m0/s1. The zero-order valence-electron chi connectivity index (χ0n) is 62.3. The Morgan fingerprint density at radius 1 is 0.726 bits per heavy atom. The number of methoxy groups -OCH3 is 2. The lowest BCUT2D eigenvalue weighted by Gasteiger charge is -2.29. The molecule has 6 rings (SSSR count). The molecule has 0 bridgehead atoms. The third-order valence-corrected chi connectivity index (χ3v) is 18.2. The number of halogens is 1. The van der Waals surface area contributed by atoms with Crippen molar-refractivity contribution in [2.75, 3.05) is 78.9 Å². The third-order valence-electron chi connectivity index (χ3n) is 17.9. The lowest BCUT2D eigenvalue weighted by molar-refractivity contribution is -0.197. The smallest absolute Gasteiger partial charge is 0.347 e. The number of imide groups is 1. The monoisotopic (exact) mass is 1500 g/mol. The minimum atomic E-state index is -1.29. The van der Waals surface area contributed by atoms with Crippen LogP contribution >= 0.6 is 11.6 Å². The van der Waals surface area contributed by atoms with Crippen LogP contribution in [0.15, 0.2) is 78.9 Å². The number of nitrogens with zero attached hydrogens (tertiary/aromatic N) is 1. The average molecular weight is 1500 g/mol. The Balaban J connectivity index is 1.000. The molecule has 106 heavy (non-hydrogen) atoms. The molecule has 28 nitrogen and oxygen atoms in total. The van der Waals surface area contributed by atoms with Gasteiger partial charge < -0.3 is 74.1 Å². The van der Waals surface area contributed by atoms with E-state index < -0.39 is 113 Å². The Bertz CT molecular complexity index is 3460. The van der Waals surface area contributed by atoms with Gasteiger partial charge in [-0.3, -0.25) is 47.9 Å². The number of carbonyl (C=O) groups is 12. The zero-order chi connectivity index (χ0) is 77.3. The number of aryl methyl sites for hydroxylation is 1. The minimum absolute atomic E-state index is 0.00957. The van der Waals surface area contributed by atoms with E-state index in [0.717, 1.165) is 11.1 Å². The number of cyclic esters (lactones) is 2. The van der Waals surface area contributed by atoms with Gasteiger partial charge in [0.1, 0.15) is 30.6 Å². The Hall–Kier alpha value is -8.67. The molecular formula is C77H105ClN6O22. The van der Waals surface area contributed by atoms with Crippen molar-refractivity contribution in [1.82, 2.24) is 26.3 Å². The molecule has 0 radical (unpaired) electrons. The largest absolute Gasteiger partial charge is 0.495 e. The fourth-order valence-corrected chi connectivity index (χ4v) is 11.8. The van der Waals surface area contributed by atoms with Crippen molar-refractivity contribution >= 4 is 88.3 Å². The SMILES string of the molecule is COCCOCCOCCOCCC(=O)NCCCC[C@H](CC(=O)[C@@H](NC(=O)CCCC(=O)ON1C(=O)CCC1=O)C(C)C)C(=O)Nc1ccc(COC(=O)CCc2ccc([C@H]3O[C@@H]3[C@@H](C)[C@@H]3C/C=C/C(=O)N[C@H](Cc4ccc(OC)c(Cl)c4)C(=O)NCC(C)(C)C(=O)O[C@@H](CC(C)C)C(=O)O3)cc2)cc1. The van der Waals surface area contributed by atoms with E-state index in [-0.39, 0.29) is 121 Å². The van der Waals surface area contributed by atoms with Crippen molar-refractivity contribution in [1.29, 1.82) is 0 Å². The molecule has 3 heterocycles. The highest BCUT2D eigenvalue weighted by Gasteiger charge is 2.48. The Morgan fingerprint density at radius 2 is 1.39 bits per heavy atom. The van der Waals surface area contributed by atoms with E-state index >= 15 is 0 Å². The van der Waals surface area contributed by atoms with Crippen LogP contribution in [-0.2, 0) is 120 Å². The number of rotatable bonds is 42. The molecule has 5 N–H and O–H groups in total. The van der Waals surface area contributed by atoms with E-state index in [4.69, 9.17) is 59.1 Å². The number of hydroxylamine groups is 2. The normalized spacial score (nSPS) is 19.6. The Labute approximate surface area is 624 Å². The van der Waals surface area contributed by atoms with Crippen molar-refractivity contribution in [3.63, 3.8) is 0 Å². The number of nitrogens with one attached hydrogen (secondary N) is 5. The number of carbonyl (C=O) groups excluding carboxylic acids is 12. The van der Waals surface area contributed by atoms with E-state index in [9.17, 15) is 57.5 Å². The number of ether oxygens (including phenoxy) is 9. The van der Waals surface area contributed by atoms with Crippen LogP contribution in [0, 0.1) is 29.1 Å². The maximum Gasteiger partial charge on any atom is 0.347 e. The van der Waals surface area contributed by atoms with Crippen LogP contribution in [-0.4, -0.2) is 180 Å². The second-order valence-corrected chi connectivity index (χ2v) is 28.3. The topological polar surface area (TPSA) is 364 Å². The van der Waals surface area contributed by atoms with Gasteiger partial charge in [-0.05, 0) is 110 Å². The molecule has 0 spiro atoms. The van der Waals surface area contributed by atoms with Gasteiger partial charge in [0.05, 0.1) is 75.9 Å². The quantitative estimate of drug-likeness (QED) is 0.0120. The second kappa shape index (κ2) is 44.5. The number of benzene rings is 3. The zero-order valence-corrected chi connectivity index (χ0v) is 63.0. The first-order valence-corrected chi connectivity index (χ1v) is 36.7. The molecule has 3 aliphatic heterocycles. The lowest BCUT2D eigenvalue weighted by atomic mass is 9.89. The summed E-state index contributed by atoms with van der Waals surface area (Å²) < 4.78 is 50.4. The minimum Gasteiger partial charge on any atom is -0.495 e. The van der Waals surface area contributed by atoms with Gasteiger partial charge in [-0.15, -0.1) is 5.06 Å². The van der Waals surface area contributed by atoms with Crippen LogP contribution in [0.2, 0.25) is 5.02 Å². The molecule has 0 saturated carbocycles.